The van der Waals surface area contributed by atoms with Crippen LogP contribution >= 0.6 is 0 Å². The molecule has 1 aliphatic carbocycles. The number of anilines is 1. The highest BCUT2D eigenvalue weighted by Crippen LogP contribution is 2.36. The fraction of sp³-hybridized carbons (Fsp3) is 0.400. The molecule has 0 radical (unpaired) electrons. The van der Waals surface area contributed by atoms with Gasteiger partial charge in [-0.05, 0) is 43.0 Å². The molecule has 23 heavy (non-hydrogen) atoms. The average molecular weight is 323 g/mol. The SMILES string of the molecule is NC1=C(Nc2ccc(OC(F)F)cc2)NC(N)(CC2CC2)N=C1. The monoisotopic (exact) mass is 323 g/mol. The molecule has 0 bridgehead atoms. The van der Waals surface area contributed by atoms with Gasteiger partial charge in [0, 0.05) is 12.1 Å². The lowest BCUT2D eigenvalue weighted by Crippen LogP contribution is -2.55. The summed E-state index contributed by atoms with van der Waals surface area (Å²) in [6.07, 6.45) is 4.62. The van der Waals surface area contributed by atoms with Crippen molar-refractivity contribution >= 4 is 11.9 Å². The van der Waals surface area contributed by atoms with E-state index >= 15 is 0 Å². The third kappa shape index (κ3) is 4.10. The molecule has 1 unspecified atom stereocenters. The van der Waals surface area contributed by atoms with Crippen LogP contribution in [-0.4, -0.2) is 18.6 Å². The fourth-order valence-electron chi connectivity index (χ4n) is 2.40. The molecule has 124 valence electrons. The highest BCUT2D eigenvalue weighted by Gasteiger charge is 2.35. The van der Waals surface area contributed by atoms with Crippen molar-refractivity contribution in [2.45, 2.75) is 31.7 Å². The average Bonchev–Trinajstić information content (AvgIpc) is 3.28. The summed E-state index contributed by atoms with van der Waals surface area (Å²) in [6.45, 7) is -2.84. The summed E-state index contributed by atoms with van der Waals surface area (Å²) in [5, 5.41) is 6.21. The summed E-state index contributed by atoms with van der Waals surface area (Å²) in [7, 11) is 0. The number of hydrogen-bond donors (Lipinski definition) is 4. The molecule has 6 nitrogen and oxygen atoms in total. The smallest absolute Gasteiger partial charge is 0.387 e. The van der Waals surface area contributed by atoms with Gasteiger partial charge in [0.05, 0.1) is 11.9 Å². The molecule has 1 heterocycles. The van der Waals surface area contributed by atoms with Gasteiger partial charge in [-0.3, -0.25) is 5.73 Å². The zero-order valence-electron chi connectivity index (χ0n) is 12.4. The maximum absolute atomic E-state index is 12.1. The zero-order chi connectivity index (χ0) is 16.4. The number of nitrogens with two attached hydrogens (primary N) is 2. The first kappa shape index (κ1) is 15.5. The topological polar surface area (TPSA) is 97.7 Å². The van der Waals surface area contributed by atoms with Crippen LogP contribution in [0.3, 0.4) is 0 Å². The first-order chi connectivity index (χ1) is 10.9. The predicted octanol–water partition coefficient (Wildman–Crippen LogP) is 1.91. The Labute approximate surface area is 132 Å². The van der Waals surface area contributed by atoms with Crippen molar-refractivity contribution in [3.63, 3.8) is 0 Å². The first-order valence-electron chi connectivity index (χ1n) is 7.37. The molecule has 1 aromatic carbocycles. The van der Waals surface area contributed by atoms with Gasteiger partial charge in [0.1, 0.15) is 11.6 Å². The van der Waals surface area contributed by atoms with Crippen LogP contribution in [0.25, 0.3) is 0 Å². The van der Waals surface area contributed by atoms with Crippen LogP contribution in [0.1, 0.15) is 19.3 Å². The van der Waals surface area contributed by atoms with Gasteiger partial charge in [-0.1, -0.05) is 0 Å². The van der Waals surface area contributed by atoms with Crippen molar-refractivity contribution in [1.29, 1.82) is 0 Å². The second-order valence-corrected chi connectivity index (χ2v) is 5.81. The number of nitrogens with zero attached hydrogens (tertiary/aromatic N) is 1. The summed E-state index contributed by atoms with van der Waals surface area (Å²) < 4.78 is 28.6. The van der Waals surface area contributed by atoms with Crippen LogP contribution in [0.2, 0.25) is 0 Å². The lowest BCUT2D eigenvalue weighted by atomic mass is 10.1. The zero-order valence-corrected chi connectivity index (χ0v) is 12.4. The fourth-order valence-corrected chi connectivity index (χ4v) is 2.40. The van der Waals surface area contributed by atoms with E-state index in [2.05, 4.69) is 20.4 Å². The molecular formula is C15H19F2N5O. The second-order valence-electron chi connectivity index (χ2n) is 5.81. The number of ether oxygens (including phenoxy) is 1. The van der Waals surface area contributed by atoms with E-state index < -0.39 is 12.4 Å². The Morgan fingerprint density at radius 2 is 2.04 bits per heavy atom. The minimum atomic E-state index is -2.84. The maximum Gasteiger partial charge on any atom is 0.387 e. The van der Waals surface area contributed by atoms with E-state index in [-0.39, 0.29) is 5.75 Å². The molecule has 0 amide bonds. The highest BCUT2D eigenvalue weighted by molar-refractivity contribution is 5.81. The van der Waals surface area contributed by atoms with Crippen LogP contribution in [0.4, 0.5) is 14.5 Å². The molecule has 1 fully saturated rings. The normalized spacial score (nSPS) is 23.8. The summed E-state index contributed by atoms with van der Waals surface area (Å²) in [5.41, 5.74) is 13.3. The van der Waals surface area contributed by atoms with Gasteiger partial charge in [0.25, 0.3) is 0 Å². The summed E-state index contributed by atoms with van der Waals surface area (Å²) in [5.74, 6) is 0.361. The first-order valence-corrected chi connectivity index (χ1v) is 7.37. The molecule has 1 aliphatic heterocycles. The number of halogens is 2. The van der Waals surface area contributed by atoms with Crippen LogP contribution in [0.15, 0.2) is 40.8 Å². The quantitative estimate of drug-likeness (QED) is 0.641. The Morgan fingerprint density at radius 1 is 1.35 bits per heavy atom. The third-order valence-electron chi connectivity index (χ3n) is 3.71. The molecule has 8 heteroatoms. The van der Waals surface area contributed by atoms with Crippen LogP contribution in [0.5, 0.6) is 5.75 Å². The summed E-state index contributed by atoms with van der Waals surface area (Å²) in [4.78, 5) is 4.28. The molecule has 0 aromatic heterocycles. The van der Waals surface area contributed by atoms with Crippen molar-refractivity contribution < 1.29 is 13.5 Å². The van der Waals surface area contributed by atoms with E-state index in [4.69, 9.17) is 11.5 Å². The van der Waals surface area contributed by atoms with Gasteiger partial charge in [-0.25, -0.2) is 4.99 Å². The van der Waals surface area contributed by atoms with E-state index in [0.717, 1.165) is 6.42 Å². The Hall–Kier alpha value is -2.35. The molecule has 2 aliphatic rings. The predicted molar refractivity (Wildman–Crippen MR) is 83.8 cm³/mol. The van der Waals surface area contributed by atoms with Gasteiger partial charge in [-0.2, -0.15) is 8.78 Å². The third-order valence-corrected chi connectivity index (χ3v) is 3.71. The van der Waals surface area contributed by atoms with Gasteiger partial charge in [-0.15, -0.1) is 0 Å². The van der Waals surface area contributed by atoms with Crippen molar-refractivity contribution in [3.8, 4) is 5.75 Å². The molecule has 3 rings (SSSR count). The number of rotatable bonds is 6. The Bertz CT molecular complexity index is 627. The molecule has 1 aromatic rings. The minimum Gasteiger partial charge on any atom is -0.435 e. The van der Waals surface area contributed by atoms with Crippen LogP contribution in [-0.2, 0) is 0 Å². The molecule has 0 spiro atoms. The Kier molecular flexibility index (Phi) is 4.08. The van der Waals surface area contributed by atoms with Crippen LogP contribution < -0.4 is 26.8 Å². The molecule has 1 atom stereocenters. The van der Waals surface area contributed by atoms with Gasteiger partial charge in [0.15, 0.2) is 5.79 Å². The van der Waals surface area contributed by atoms with Gasteiger partial charge >= 0.3 is 6.61 Å². The van der Waals surface area contributed by atoms with Crippen molar-refractivity contribution in [3.05, 3.63) is 35.8 Å². The lowest BCUT2D eigenvalue weighted by molar-refractivity contribution is -0.0498. The summed E-state index contributed by atoms with van der Waals surface area (Å²) in [6, 6.07) is 6.12. The maximum atomic E-state index is 12.1. The van der Waals surface area contributed by atoms with Gasteiger partial charge in [0.2, 0.25) is 0 Å². The molecule has 1 saturated carbocycles. The standard InChI is InChI=1S/C15H19F2N5O/c16-14(17)23-11-5-3-10(4-6-11)21-13-12(18)8-20-15(19,22-13)7-9-1-2-9/h3-6,8-9,14,21-22H,1-2,7,18-19H2. The van der Waals surface area contributed by atoms with Crippen molar-refractivity contribution in [1.82, 2.24) is 5.32 Å². The van der Waals surface area contributed by atoms with Crippen molar-refractivity contribution in [2.75, 3.05) is 5.32 Å². The number of alkyl halides is 2. The van der Waals surface area contributed by atoms with E-state index in [0.29, 0.717) is 23.1 Å². The lowest BCUT2D eigenvalue weighted by Gasteiger charge is -2.32. The Morgan fingerprint density at radius 3 is 2.65 bits per heavy atom. The van der Waals surface area contributed by atoms with Crippen molar-refractivity contribution in [2.24, 2.45) is 22.4 Å². The van der Waals surface area contributed by atoms with E-state index in [1.165, 1.54) is 31.2 Å². The van der Waals surface area contributed by atoms with Crippen LogP contribution in [0, 0.1) is 5.92 Å². The van der Waals surface area contributed by atoms with E-state index in [1.807, 2.05) is 0 Å². The molecular weight excluding hydrogens is 304 g/mol. The highest BCUT2D eigenvalue weighted by atomic mass is 19.3. The number of allylic oxidation sites excluding steroid dienone is 1. The number of aliphatic imine (C=N–C) groups is 1. The summed E-state index contributed by atoms with van der Waals surface area (Å²) >= 11 is 0. The number of benzene rings is 1. The van der Waals surface area contributed by atoms with E-state index in [9.17, 15) is 8.78 Å². The largest absolute Gasteiger partial charge is 0.435 e. The Balaban J connectivity index is 1.67. The number of nitrogens with one attached hydrogen (secondary N) is 2. The minimum absolute atomic E-state index is 0.0903. The second kappa shape index (κ2) is 6.04. The van der Waals surface area contributed by atoms with E-state index in [1.54, 1.807) is 12.1 Å². The molecule has 0 saturated heterocycles. The number of hydrogen-bond acceptors (Lipinski definition) is 6. The molecule has 6 N–H and O–H groups in total. The van der Waals surface area contributed by atoms with Gasteiger partial charge < -0.3 is 21.1 Å².